The van der Waals surface area contributed by atoms with E-state index in [-0.39, 0.29) is 17.4 Å². The normalized spacial score (nSPS) is 12.2. The van der Waals surface area contributed by atoms with Gasteiger partial charge in [-0.05, 0) is 43.9 Å². The summed E-state index contributed by atoms with van der Waals surface area (Å²) in [6, 6.07) is 15.5. The minimum atomic E-state index is -0.476. The summed E-state index contributed by atoms with van der Waals surface area (Å²) in [4.78, 5) is 30.3. The van der Waals surface area contributed by atoms with E-state index in [0.717, 1.165) is 16.7 Å². The second kappa shape index (κ2) is 8.66. The summed E-state index contributed by atoms with van der Waals surface area (Å²) >= 11 is 0. The Morgan fingerprint density at radius 3 is 2.33 bits per heavy atom. The lowest BCUT2D eigenvalue weighted by molar-refractivity contribution is 0.0999. The highest BCUT2D eigenvalue weighted by atomic mass is 16.1. The SMILES string of the molecule is Cc1ccc(C(N)=O)c([C@H](c2nc(C)c(C)c(=O)n2Cc2ccccc2)C(C)C)c1. The van der Waals surface area contributed by atoms with Crippen molar-refractivity contribution in [2.75, 3.05) is 0 Å². The number of nitrogens with two attached hydrogens (primary N) is 1. The van der Waals surface area contributed by atoms with Crippen molar-refractivity contribution in [3.63, 3.8) is 0 Å². The molecule has 5 nitrogen and oxygen atoms in total. The van der Waals surface area contributed by atoms with Crippen LogP contribution in [0.4, 0.5) is 0 Å². The van der Waals surface area contributed by atoms with Gasteiger partial charge in [0.05, 0.1) is 6.54 Å². The average molecular weight is 404 g/mol. The van der Waals surface area contributed by atoms with Gasteiger partial charge in [-0.3, -0.25) is 14.2 Å². The molecule has 5 heteroatoms. The molecule has 1 aromatic heterocycles. The fourth-order valence-corrected chi connectivity index (χ4v) is 3.89. The molecule has 0 saturated carbocycles. The quantitative estimate of drug-likeness (QED) is 0.673. The largest absolute Gasteiger partial charge is 0.366 e. The molecule has 0 radical (unpaired) electrons. The molecule has 1 heterocycles. The minimum Gasteiger partial charge on any atom is -0.366 e. The number of carbonyl (C=O) groups excluding carboxylic acids is 1. The molecule has 156 valence electrons. The highest BCUT2D eigenvalue weighted by Crippen LogP contribution is 2.33. The number of rotatable bonds is 6. The number of aromatic nitrogens is 2. The Hall–Kier alpha value is -3.21. The number of nitrogens with zero attached hydrogens (tertiary/aromatic N) is 2. The van der Waals surface area contributed by atoms with Crippen LogP contribution in [0.25, 0.3) is 0 Å². The lowest BCUT2D eigenvalue weighted by atomic mass is 9.83. The van der Waals surface area contributed by atoms with Crippen molar-refractivity contribution in [1.29, 1.82) is 0 Å². The Kier molecular flexibility index (Phi) is 6.20. The molecular weight excluding hydrogens is 374 g/mol. The predicted molar refractivity (Wildman–Crippen MR) is 120 cm³/mol. The molecule has 0 fully saturated rings. The van der Waals surface area contributed by atoms with Gasteiger partial charge in [0, 0.05) is 22.7 Å². The van der Waals surface area contributed by atoms with E-state index in [1.54, 1.807) is 10.6 Å². The van der Waals surface area contributed by atoms with Crippen LogP contribution in [0, 0.1) is 26.7 Å². The summed E-state index contributed by atoms with van der Waals surface area (Å²) in [6.07, 6.45) is 0. The molecule has 3 rings (SSSR count). The number of carbonyl (C=O) groups is 1. The lowest BCUT2D eigenvalue weighted by Crippen LogP contribution is -2.32. The molecule has 1 amide bonds. The number of hydrogen-bond acceptors (Lipinski definition) is 3. The van der Waals surface area contributed by atoms with Crippen molar-refractivity contribution < 1.29 is 4.79 Å². The van der Waals surface area contributed by atoms with Gasteiger partial charge in [0.1, 0.15) is 5.82 Å². The molecule has 2 aromatic carbocycles. The summed E-state index contributed by atoms with van der Waals surface area (Å²) in [5.41, 5.74) is 10.3. The fourth-order valence-electron chi connectivity index (χ4n) is 3.89. The van der Waals surface area contributed by atoms with Crippen LogP contribution >= 0.6 is 0 Å². The maximum Gasteiger partial charge on any atom is 0.256 e. The second-order valence-electron chi connectivity index (χ2n) is 8.23. The first-order chi connectivity index (χ1) is 14.2. The third kappa shape index (κ3) is 4.20. The molecule has 0 aliphatic rings. The van der Waals surface area contributed by atoms with E-state index in [1.807, 2.05) is 63.2 Å². The van der Waals surface area contributed by atoms with E-state index >= 15 is 0 Å². The molecule has 0 aliphatic carbocycles. The maximum atomic E-state index is 13.3. The predicted octanol–water partition coefficient (Wildman–Crippen LogP) is 4.10. The smallest absolute Gasteiger partial charge is 0.256 e. The zero-order valence-electron chi connectivity index (χ0n) is 18.3. The average Bonchev–Trinajstić information content (AvgIpc) is 2.69. The number of benzene rings is 2. The minimum absolute atomic E-state index is 0.0553. The highest BCUT2D eigenvalue weighted by molar-refractivity contribution is 5.94. The number of amides is 1. The van der Waals surface area contributed by atoms with Crippen LogP contribution in [0.2, 0.25) is 0 Å². The summed E-state index contributed by atoms with van der Waals surface area (Å²) in [7, 11) is 0. The van der Waals surface area contributed by atoms with Crippen LogP contribution in [0.15, 0.2) is 53.3 Å². The molecule has 0 spiro atoms. The van der Waals surface area contributed by atoms with Crippen molar-refractivity contribution in [3.05, 3.63) is 98.2 Å². The van der Waals surface area contributed by atoms with Crippen molar-refractivity contribution in [3.8, 4) is 0 Å². The zero-order chi connectivity index (χ0) is 22.0. The summed E-state index contributed by atoms with van der Waals surface area (Å²) in [5.74, 6) is 0.0375. The Bertz CT molecular complexity index is 1130. The summed E-state index contributed by atoms with van der Waals surface area (Å²) in [6.45, 7) is 10.2. The van der Waals surface area contributed by atoms with Gasteiger partial charge < -0.3 is 5.73 Å². The summed E-state index contributed by atoms with van der Waals surface area (Å²) in [5, 5.41) is 0. The molecule has 1 atom stereocenters. The van der Waals surface area contributed by atoms with Crippen molar-refractivity contribution in [2.45, 2.75) is 47.1 Å². The molecule has 30 heavy (non-hydrogen) atoms. The van der Waals surface area contributed by atoms with Gasteiger partial charge in [0.15, 0.2) is 0 Å². The Labute approximate surface area is 177 Å². The number of aryl methyl sites for hydroxylation is 2. The first-order valence-electron chi connectivity index (χ1n) is 10.2. The monoisotopic (exact) mass is 403 g/mol. The third-order valence-corrected chi connectivity index (χ3v) is 5.60. The van der Waals surface area contributed by atoms with Gasteiger partial charge in [-0.1, -0.05) is 61.9 Å². The molecule has 0 saturated heterocycles. The van der Waals surface area contributed by atoms with Crippen LogP contribution in [0.1, 0.15) is 63.9 Å². The highest BCUT2D eigenvalue weighted by Gasteiger charge is 2.28. The Morgan fingerprint density at radius 1 is 1.07 bits per heavy atom. The standard InChI is InChI=1S/C25H29N3O2/c1-15(2)22(21-13-16(3)11-12-20(21)23(26)29)24-27-18(5)17(4)25(30)28(24)14-19-9-7-6-8-10-19/h6-13,15,22H,14H2,1-5H3,(H2,26,29)/t22-/m1/s1. The Morgan fingerprint density at radius 2 is 1.73 bits per heavy atom. The fraction of sp³-hybridized carbons (Fsp3) is 0.320. The summed E-state index contributed by atoms with van der Waals surface area (Å²) < 4.78 is 1.75. The Balaban J connectivity index is 2.30. The van der Waals surface area contributed by atoms with Gasteiger partial charge >= 0.3 is 0 Å². The molecule has 0 bridgehead atoms. The van der Waals surface area contributed by atoms with E-state index in [0.29, 0.717) is 29.2 Å². The number of hydrogen-bond donors (Lipinski definition) is 1. The second-order valence-corrected chi connectivity index (χ2v) is 8.23. The first kappa shape index (κ1) is 21.5. The van der Waals surface area contributed by atoms with E-state index in [1.165, 1.54) is 0 Å². The van der Waals surface area contributed by atoms with Crippen LogP contribution in [0.5, 0.6) is 0 Å². The first-order valence-corrected chi connectivity index (χ1v) is 10.2. The molecule has 2 N–H and O–H groups in total. The van der Waals surface area contributed by atoms with E-state index < -0.39 is 5.91 Å². The van der Waals surface area contributed by atoms with E-state index in [4.69, 9.17) is 10.7 Å². The lowest BCUT2D eigenvalue weighted by Gasteiger charge is -2.27. The number of primary amides is 1. The van der Waals surface area contributed by atoms with Gasteiger partial charge in [-0.25, -0.2) is 4.98 Å². The van der Waals surface area contributed by atoms with Crippen LogP contribution in [-0.2, 0) is 6.54 Å². The van der Waals surface area contributed by atoms with Crippen LogP contribution in [0.3, 0.4) is 0 Å². The molecule has 0 aliphatic heterocycles. The van der Waals surface area contributed by atoms with Gasteiger partial charge in [-0.15, -0.1) is 0 Å². The van der Waals surface area contributed by atoms with Gasteiger partial charge in [0.2, 0.25) is 5.91 Å². The topological polar surface area (TPSA) is 78.0 Å². The maximum absolute atomic E-state index is 13.3. The van der Waals surface area contributed by atoms with Crippen LogP contribution < -0.4 is 11.3 Å². The van der Waals surface area contributed by atoms with Crippen molar-refractivity contribution in [1.82, 2.24) is 9.55 Å². The van der Waals surface area contributed by atoms with E-state index in [9.17, 15) is 9.59 Å². The molecule has 3 aromatic rings. The van der Waals surface area contributed by atoms with Crippen molar-refractivity contribution >= 4 is 5.91 Å². The van der Waals surface area contributed by atoms with Gasteiger partial charge in [-0.2, -0.15) is 0 Å². The zero-order valence-corrected chi connectivity index (χ0v) is 18.3. The van der Waals surface area contributed by atoms with Crippen LogP contribution in [-0.4, -0.2) is 15.5 Å². The molecular formula is C25H29N3O2. The van der Waals surface area contributed by atoms with E-state index in [2.05, 4.69) is 13.8 Å². The van der Waals surface area contributed by atoms with Gasteiger partial charge in [0.25, 0.3) is 5.56 Å². The molecule has 0 unspecified atom stereocenters. The third-order valence-electron chi connectivity index (χ3n) is 5.60. The van der Waals surface area contributed by atoms with Crippen molar-refractivity contribution in [2.24, 2.45) is 11.7 Å².